The first-order valence-electron chi connectivity index (χ1n) is 5.34. The average Bonchev–Trinajstić information content (AvgIpc) is 2.15. The van der Waals surface area contributed by atoms with Gasteiger partial charge in [-0.2, -0.15) is 0 Å². The molecular weight excluding hydrogens is 202 g/mol. The fourth-order valence-electron chi connectivity index (χ4n) is 1.69. The normalized spacial score (nSPS) is 11.2. The largest absolute Gasteiger partial charge is 0.399 e. The molecular formula is C12H15N3O. The second-order valence-electron chi connectivity index (χ2n) is 4.37. The maximum atomic E-state index is 11.8. The van der Waals surface area contributed by atoms with Gasteiger partial charge in [-0.15, -0.1) is 0 Å². The van der Waals surface area contributed by atoms with Crippen molar-refractivity contribution in [3.8, 4) is 0 Å². The molecule has 2 rings (SSSR count). The molecule has 2 heterocycles. The predicted octanol–water partition coefficient (Wildman–Crippen LogP) is 1.48. The Morgan fingerprint density at radius 1 is 1.44 bits per heavy atom. The summed E-state index contributed by atoms with van der Waals surface area (Å²) in [5.74, 6) is 0.482. The highest BCUT2D eigenvalue weighted by Gasteiger charge is 2.04. The monoisotopic (exact) mass is 217 g/mol. The summed E-state index contributed by atoms with van der Waals surface area (Å²) < 4.78 is 1.50. The zero-order valence-corrected chi connectivity index (χ0v) is 9.47. The van der Waals surface area contributed by atoms with Crippen molar-refractivity contribution in [2.24, 2.45) is 5.92 Å². The fraction of sp³-hybridized carbons (Fsp3) is 0.333. The van der Waals surface area contributed by atoms with Gasteiger partial charge < -0.3 is 5.73 Å². The Kier molecular flexibility index (Phi) is 2.64. The van der Waals surface area contributed by atoms with E-state index in [-0.39, 0.29) is 5.56 Å². The Morgan fingerprint density at radius 3 is 2.88 bits per heavy atom. The highest BCUT2D eigenvalue weighted by Crippen LogP contribution is 2.08. The molecule has 0 aliphatic rings. The number of rotatable bonds is 2. The zero-order valence-electron chi connectivity index (χ0n) is 9.47. The van der Waals surface area contributed by atoms with E-state index in [1.54, 1.807) is 24.4 Å². The van der Waals surface area contributed by atoms with E-state index in [2.05, 4.69) is 18.8 Å². The molecule has 0 amide bonds. The quantitative estimate of drug-likeness (QED) is 0.828. The third kappa shape index (κ3) is 2.05. The van der Waals surface area contributed by atoms with Gasteiger partial charge in [0.2, 0.25) is 0 Å². The van der Waals surface area contributed by atoms with Crippen LogP contribution in [0.4, 0.5) is 5.69 Å². The van der Waals surface area contributed by atoms with E-state index in [1.807, 2.05) is 0 Å². The molecule has 2 N–H and O–H groups in total. The van der Waals surface area contributed by atoms with Crippen LogP contribution in [0.25, 0.3) is 5.65 Å². The first-order valence-corrected chi connectivity index (χ1v) is 5.34. The molecule has 0 aliphatic carbocycles. The fourth-order valence-corrected chi connectivity index (χ4v) is 1.69. The standard InChI is InChI=1S/C12H15N3O/c1-8(2)5-10-7-12(16)15-4-3-9(13)6-11(15)14-10/h3-4,6-8H,5,13H2,1-2H3. The lowest BCUT2D eigenvalue weighted by Gasteiger charge is -2.06. The van der Waals surface area contributed by atoms with Crippen LogP contribution in [0.2, 0.25) is 0 Å². The van der Waals surface area contributed by atoms with Gasteiger partial charge >= 0.3 is 0 Å². The summed E-state index contributed by atoms with van der Waals surface area (Å²) >= 11 is 0. The molecule has 0 aliphatic heterocycles. The molecule has 0 saturated carbocycles. The summed E-state index contributed by atoms with van der Waals surface area (Å²) in [4.78, 5) is 16.2. The van der Waals surface area contributed by atoms with Gasteiger partial charge in [0, 0.05) is 29.7 Å². The molecule has 16 heavy (non-hydrogen) atoms. The zero-order chi connectivity index (χ0) is 11.7. The van der Waals surface area contributed by atoms with E-state index in [0.717, 1.165) is 12.1 Å². The van der Waals surface area contributed by atoms with Gasteiger partial charge in [-0.3, -0.25) is 9.20 Å². The van der Waals surface area contributed by atoms with Crippen molar-refractivity contribution in [2.75, 3.05) is 5.73 Å². The summed E-state index contributed by atoms with van der Waals surface area (Å²) in [5, 5.41) is 0. The molecule has 4 nitrogen and oxygen atoms in total. The SMILES string of the molecule is CC(C)Cc1cc(=O)n2ccc(N)cc2n1. The minimum Gasteiger partial charge on any atom is -0.399 e. The van der Waals surface area contributed by atoms with Crippen molar-refractivity contribution in [3.63, 3.8) is 0 Å². The van der Waals surface area contributed by atoms with Crippen LogP contribution in [0.5, 0.6) is 0 Å². The molecule has 0 radical (unpaired) electrons. The second-order valence-corrected chi connectivity index (χ2v) is 4.37. The van der Waals surface area contributed by atoms with Crippen LogP contribution in [0.1, 0.15) is 19.5 Å². The van der Waals surface area contributed by atoms with E-state index in [0.29, 0.717) is 17.3 Å². The molecule has 84 valence electrons. The lowest BCUT2D eigenvalue weighted by molar-refractivity contribution is 0.634. The van der Waals surface area contributed by atoms with E-state index >= 15 is 0 Å². The molecule has 0 saturated heterocycles. The van der Waals surface area contributed by atoms with Gasteiger partial charge in [0.25, 0.3) is 5.56 Å². The molecule has 0 unspecified atom stereocenters. The molecule has 2 aromatic heterocycles. The molecule has 2 aromatic rings. The van der Waals surface area contributed by atoms with Crippen molar-refractivity contribution in [1.82, 2.24) is 9.38 Å². The molecule has 0 atom stereocenters. The Morgan fingerprint density at radius 2 is 2.19 bits per heavy atom. The number of pyridine rings is 1. The number of fused-ring (bicyclic) bond motifs is 1. The second kappa shape index (κ2) is 3.96. The maximum absolute atomic E-state index is 11.8. The topological polar surface area (TPSA) is 60.4 Å². The van der Waals surface area contributed by atoms with Crippen molar-refractivity contribution in [3.05, 3.63) is 40.4 Å². The van der Waals surface area contributed by atoms with Gasteiger partial charge in [0.15, 0.2) is 0 Å². The number of nitrogens with zero attached hydrogens (tertiary/aromatic N) is 2. The third-order valence-electron chi connectivity index (χ3n) is 2.36. The van der Waals surface area contributed by atoms with Crippen LogP contribution in [0.15, 0.2) is 29.2 Å². The Bertz CT molecular complexity index is 572. The van der Waals surface area contributed by atoms with Gasteiger partial charge in [-0.1, -0.05) is 13.8 Å². The minimum absolute atomic E-state index is 0.0550. The van der Waals surface area contributed by atoms with Crippen LogP contribution in [-0.4, -0.2) is 9.38 Å². The van der Waals surface area contributed by atoms with E-state index in [1.165, 1.54) is 4.40 Å². The molecule has 0 fully saturated rings. The van der Waals surface area contributed by atoms with Crippen LogP contribution < -0.4 is 11.3 Å². The van der Waals surface area contributed by atoms with Crippen LogP contribution >= 0.6 is 0 Å². The summed E-state index contributed by atoms with van der Waals surface area (Å²) in [5.41, 5.74) is 7.67. The number of anilines is 1. The molecule has 4 heteroatoms. The van der Waals surface area contributed by atoms with Crippen molar-refractivity contribution >= 4 is 11.3 Å². The van der Waals surface area contributed by atoms with Gasteiger partial charge in [-0.05, 0) is 18.4 Å². The Labute approximate surface area is 93.7 Å². The van der Waals surface area contributed by atoms with Gasteiger partial charge in [0.05, 0.1) is 0 Å². The van der Waals surface area contributed by atoms with Crippen molar-refractivity contribution < 1.29 is 0 Å². The summed E-state index contributed by atoms with van der Waals surface area (Å²) in [6.07, 6.45) is 2.46. The summed E-state index contributed by atoms with van der Waals surface area (Å²) in [7, 11) is 0. The predicted molar refractivity (Wildman–Crippen MR) is 64.4 cm³/mol. The summed E-state index contributed by atoms with van der Waals surface area (Å²) in [6.45, 7) is 4.20. The van der Waals surface area contributed by atoms with E-state index < -0.39 is 0 Å². The minimum atomic E-state index is -0.0550. The van der Waals surface area contributed by atoms with E-state index in [4.69, 9.17) is 5.73 Å². The highest BCUT2D eigenvalue weighted by atomic mass is 16.1. The van der Waals surface area contributed by atoms with E-state index in [9.17, 15) is 4.79 Å². The molecule has 0 bridgehead atoms. The van der Waals surface area contributed by atoms with Crippen LogP contribution in [0, 0.1) is 5.92 Å². The number of nitrogens with two attached hydrogens (primary N) is 1. The average molecular weight is 217 g/mol. The number of aromatic nitrogens is 2. The highest BCUT2D eigenvalue weighted by molar-refractivity contribution is 5.51. The Hall–Kier alpha value is -1.84. The first-order chi connectivity index (χ1) is 7.56. The Balaban J connectivity index is 2.61. The lowest BCUT2D eigenvalue weighted by atomic mass is 10.1. The number of hydrogen-bond acceptors (Lipinski definition) is 3. The summed E-state index contributed by atoms with van der Waals surface area (Å²) in [6, 6.07) is 4.99. The lowest BCUT2D eigenvalue weighted by Crippen LogP contribution is -2.16. The third-order valence-corrected chi connectivity index (χ3v) is 2.36. The van der Waals surface area contributed by atoms with Crippen LogP contribution in [0.3, 0.4) is 0 Å². The smallest absolute Gasteiger partial charge is 0.258 e. The van der Waals surface area contributed by atoms with Gasteiger partial charge in [-0.25, -0.2) is 4.98 Å². The number of nitrogen functional groups attached to an aromatic ring is 1. The molecule has 0 aromatic carbocycles. The first kappa shape index (κ1) is 10.7. The van der Waals surface area contributed by atoms with Crippen molar-refractivity contribution in [1.29, 1.82) is 0 Å². The molecule has 0 spiro atoms. The van der Waals surface area contributed by atoms with Crippen molar-refractivity contribution in [2.45, 2.75) is 20.3 Å². The van der Waals surface area contributed by atoms with Gasteiger partial charge in [0.1, 0.15) is 5.65 Å². The number of hydrogen-bond donors (Lipinski definition) is 1. The maximum Gasteiger partial charge on any atom is 0.258 e. The van der Waals surface area contributed by atoms with Crippen LogP contribution in [-0.2, 0) is 6.42 Å².